The molecule has 4 nitrogen and oxygen atoms in total. The molecule has 0 fully saturated rings. The van der Waals surface area contributed by atoms with Crippen LogP contribution in [0, 0.1) is 17.2 Å². The van der Waals surface area contributed by atoms with Crippen molar-refractivity contribution in [3.05, 3.63) is 52.9 Å². The molecule has 0 saturated heterocycles. The molecule has 0 spiro atoms. The van der Waals surface area contributed by atoms with E-state index in [1.807, 2.05) is 30.3 Å². The van der Waals surface area contributed by atoms with Gasteiger partial charge in [-0.2, -0.15) is 5.26 Å². The van der Waals surface area contributed by atoms with Gasteiger partial charge >= 0.3 is 0 Å². The van der Waals surface area contributed by atoms with E-state index in [-0.39, 0.29) is 6.04 Å². The highest BCUT2D eigenvalue weighted by Crippen LogP contribution is 2.26. The highest BCUT2D eigenvalue weighted by Gasteiger charge is 2.14. The maximum absolute atomic E-state index is 8.75. The van der Waals surface area contributed by atoms with Gasteiger partial charge in [0.25, 0.3) is 0 Å². The van der Waals surface area contributed by atoms with Crippen molar-refractivity contribution in [1.29, 1.82) is 5.26 Å². The molecule has 2 aromatic rings. The Bertz CT molecular complexity index is 614. The Morgan fingerprint density at radius 3 is 2.43 bits per heavy atom. The average Bonchev–Trinajstić information content (AvgIpc) is 2.48. The van der Waals surface area contributed by atoms with Gasteiger partial charge in [-0.3, -0.25) is 0 Å². The number of hydrogen-bond donors (Lipinski definition) is 1. The molecule has 108 valence electrons. The molecule has 0 aliphatic heterocycles. The van der Waals surface area contributed by atoms with Gasteiger partial charge in [0.1, 0.15) is 11.9 Å². The van der Waals surface area contributed by atoms with E-state index in [0.717, 1.165) is 17.0 Å². The third-order valence-corrected chi connectivity index (χ3v) is 3.32. The highest BCUT2D eigenvalue weighted by atomic mass is 35.5. The van der Waals surface area contributed by atoms with Crippen LogP contribution >= 0.6 is 11.6 Å². The SMILES string of the molecule is CC(C)CC(Nc1cnc(C#N)cn1)c1ccc(Cl)cc1. The van der Waals surface area contributed by atoms with Crippen LogP contribution < -0.4 is 5.32 Å². The van der Waals surface area contributed by atoms with Crippen LogP contribution in [0.5, 0.6) is 0 Å². The van der Waals surface area contributed by atoms with E-state index < -0.39 is 0 Å². The van der Waals surface area contributed by atoms with Crippen molar-refractivity contribution in [2.24, 2.45) is 5.92 Å². The molecule has 5 heteroatoms. The quantitative estimate of drug-likeness (QED) is 0.899. The number of nitrogens with zero attached hydrogens (tertiary/aromatic N) is 3. The maximum atomic E-state index is 8.75. The third-order valence-electron chi connectivity index (χ3n) is 3.07. The number of hydrogen-bond acceptors (Lipinski definition) is 4. The van der Waals surface area contributed by atoms with Gasteiger partial charge in [-0.15, -0.1) is 0 Å². The summed E-state index contributed by atoms with van der Waals surface area (Å²) in [6, 6.07) is 9.89. The Labute approximate surface area is 129 Å². The van der Waals surface area contributed by atoms with Crippen LogP contribution in [0.25, 0.3) is 0 Å². The minimum absolute atomic E-state index is 0.129. The van der Waals surface area contributed by atoms with Gasteiger partial charge in [0.15, 0.2) is 5.69 Å². The summed E-state index contributed by atoms with van der Waals surface area (Å²) in [5, 5.41) is 12.8. The molecular formula is C16H17ClN4. The molecule has 0 radical (unpaired) electrons. The summed E-state index contributed by atoms with van der Waals surface area (Å²) in [7, 11) is 0. The molecule has 1 unspecified atom stereocenters. The van der Waals surface area contributed by atoms with Gasteiger partial charge in [0.05, 0.1) is 18.4 Å². The Morgan fingerprint density at radius 2 is 1.90 bits per heavy atom. The fourth-order valence-corrected chi connectivity index (χ4v) is 2.21. The van der Waals surface area contributed by atoms with Gasteiger partial charge < -0.3 is 5.32 Å². The second-order valence-electron chi connectivity index (χ2n) is 5.28. The number of nitriles is 1. The number of benzene rings is 1. The highest BCUT2D eigenvalue weighted by molar-refractivity contribution is 6.30. The van der Waals surface area contributed by atoms with Crippen molar-refractivity contribution in [1.82, 2.24) is 9.97 Å². The zero-order valence-corrected chi connectivity index (χ0v) is 12.8. The molecule has 0 saturated carbocycles. The number of aromatic nitrogens is 2. The third kappa shape index (κ3) is 4.44. The van der Waals surface area contributed by atoms with Crippen molar-refractivity contribution in [2.45, 2.75) is 26.3 Å². The Hall–Kier alpha value is -2.12. The lowest BCUT2D eigenvalue weighted by molar-refractivity contribution is 0.530. The van der Waals surface area contributed by atoms with Gasteiger partial charge in [0.2, 0.25) is 0 Å². The van der Waals surface area contributed by atoms with Gasteiger partial charge in [-0.05, 0) is 30.0 Å². The van der Waals surface area contributed by atoms with Crippen LogP contribution in [0.1, 0.15) is 37.6 Å². The van der Waals surface area contributed by atoms with Crippen LogP contribution in [0.3, 0.4) is 0 Å². The first-order valence-electron chi connectivity index (χ1n) is 6.82. The van der Waals surface area contributed by atoms with Crippen LogP contribution in [0.15, 0.2) is 36.7 Å². The largest absolute Gasteiger partial charge is 0.362 e. The number of anilines is 1. The molecule has 0 aliphatic rings. The van der Waals surface area contributed by atoms with Crippen LogP contribution in [0.4, 0.5) is 5.82 Å². The Balaban J connectivity index is 2.19. The second kappa shape index (κ2) is 7.05. The number of rotatable bonds is 5. The van der Waals surface area contributed by atoms with Crippen LogP contribution in [0.2, 0.25) is 5.02 Å². The zero-order chi connectivity index (χ0) is 15.2. The van der Waals surface area contributed by atoms with Crippen LogP contribution in [-0.2, 0) is 0 Å². The smallest absolute Gasteiger partial charge is 0.158 e. The van der Waals surface area contributed by atoms with Crippen molar-refractivity contribution in [2.75, 3.05) is 5.32 Å². The molecule has 2 rings (SSSR count). The first-order valence-corrected chi connectivity index (χ1v) is 7.20. The predicted octanol–water partition coefficient (Wildman–Crippen LogP) is 4.20. The van der Waals surface area contributed by atoms with E-state index in [1.54, 1.807) is 6.20 Å². The normalized spacial score (nSPS) is 12.0. The molecule has 1 atom stereocenters. The molecule has 21 heavy (non-hydrogen) atoms. The number of halogens is 1. The molecule has 0 bridgehead atoms. The van der Waals surface area contributed by atoms with Crippen molar-refractivity contribution < 1.29 is 0 Å². The molecular weight excluding hydrogens is 284 g/mol. The summed E-state index contributed by atoms with van der Waals surface area (Å²) >= 11 is 5.94. The van der Waals surface area contributed by atoms with E-state index in [0.29, 0.717) is 17.4 Å². The van der Waals surface area contributed by atoms with E-state index in [4.69, 9.17) is 16.9 Å². The summed E-state index contributed by atoms with van der Waals surface area (Å²) in [5.41, 5.74) is 1.46. The Kier molecular flexibility index (Phi) is 5.13. The minimum Gasteiger partial charge on any atom is -0.362 e. The van der Waals surface area contributed by atoms with Crippen molar-refractivity contribution in [3.8, 4) is 6.07 Å². The fourth-order valence-electron chi connectivity index (χ4n) is 2.08. The summed E-state index contributed by atoms with van der Waals surface area (Å²) in [6.07, 6.45) is 4.02. The maximum Gasteiger partial charge on any atom is 0.158 e. The summed E-state index contributed by atoms with van der Waals surface area (Å²) in [4.78, 5) is 8.25. The monoisotopic (exact) mass is 300 g/mol. The first kappa shape index (κ1) is 15.3. The lowest BCUT2D eigenvalue weighted by atomic mass is 9.97. The van der Waals surface area contributed by atoms with E-state index in [1.165, 1.54) is 6.20 Å². The van der Waals surface area contributed by atoms with Gasteiger partial charge in [-0.25, -0.2) is 9.97 Å². The lowest BCUT2D eigenvalue weighted by Crippen LogP contribution is -2.14. The standard InChI is InChI=1S/C16H17ClN4/c1-11(2)7-15(12-3-5-13(17)6-4-12)21-16-10-19-14(8-18)9-20-16/h3-6,9-11,15H,7H2,1-2H3,(H,20,21). The molecule has 0 amide bonds. The average molecular weight is 301 g/mol. The summed E-state index contributed by atoms with van der Waals surface area (Å²) in [5.74, 6) is 1.19. The predicted molar refractivity (Wildman–Crippen MR) is 84.0 cm³/mol. The molecule has 1 aromatic carbocycles. The molecule has 1 aromatic heterocycles. The second-order valence-corrected chi connectivity index (χ2v) is 5.71. The van der Waals surface area contributed by atoms with Crippen molar-refractivity contribution >= 4 is 17.4 Å². The van der Waals surface area contributed by atoms with Gasteiger partial charge in [0, 0.05) is 5.02 Å². The molecule has 0 aliphatic carbocycles. The minimum atomic E-state index is 0.129. The summed E-state index contributed by atoms with van der Waals surface area (Å²) < 4.78 is 0. The zero-order valence-electron chi connectivity index (χ0n) is 12.0. The first-order chi connectivity index (χ1) is 10.1. The lowest BCUT2D eigenvalue weighted by Gasteiger charge is -2.21. The van der Waals surface area contributed by atoms with Crippen molar-refractivity contribution in [3.63, 3.8) is 0 Å². The molecule has 1 N–H and O–H groups in total. The van der Waals surface area contributed by atoms with Crippen LogP contribution in [-0.4, -0.2) is 9.97 Å². The topological polar surface area (TPSA) is 61.6 Å². The Morgan fingerprint density at radius 1 is 1.19 bits per heavy atom. The van der Waals surface area contributed by atoms with E-state index in [9.17, 15) is 0 Å². The fraction of sp³-hybridized carbons (Fsp3) is 0.312. The van der Waals surface area contributed by atoms with E-state index in [2.05, 4.69) is 29.1 Å². The summed E-state index contributed by atoms with van der Waals surface area (Å²) in [6.45, 7) is 4.35. The van der Waals surface area contributed by atoms with Gasteiger partial charge in [-0.1, -0.05) is 37.6 Å². The number of nitrogens with one attached hydrogen (secondary N) is 1. The molecule has 1 heterocycles. The van der Waals surface area contributed by atoms with E-state index >= 15 is 0 Å².